The summed E-state index contributed by atoms with van der Waals surface area (Å²) in [5.74, 6) is 0.281. The predicted octanol–water partition coefficient (Wildman–Crippen LogP) is 2.17. The van der Waals surface area contributed by atoms with Gasteiger partial charge < -0.3 is 4.90 Å². The van der Waals surface area contributed by atoms with Gasteiger partial charge in [0.05, 0.1) is 0 Å². The third-order valence-corrected chi connectivity index (χ3v) is 1.77. The molecule has 0 aliphatic carbocycles. The van der Waals surface area contributed by atoms with Crippen LogP contribution in [0.2, 0.25) is 0 Å². The van der Waals surface area contributed by atoms with E-state index in [1.807, 2.05) is 11.1 Å². The summed E-state index contributed by atoms with van der Waals surface area (Å²) < 4.78 is 0. The predicted molar refractivity (Wildman–Crippen MR) is 64.4 cm³/mol. The molecule has 4 heteroatoms. The van der Waals surface area contributed by atoms with E-state index in [0.29, 0.717) is 6.04 Å². The highest BCUT2D eigenvalue weighted by Crippen LogP contribution is 2.27. The van der Waals surface area contributed by atoms with E-state index in [1.165, 1.54) is 0 Å². The first-order valence-corrected chi connectivity index (χ1v) is 5.39. The van der Waals surface area contributed by atoms with Gasteiger partial charge >= 0.3 is 0 Å². The number of amides is 1. The minimum atomic E-state index is 0. The van der Waals surface area contributed by atoms with Crippen molar-refractivity contribution in [3.05, 3.63) is 12.3 Å². The second kappa shape index (κ2) is 5.34. The molecule has 11 heavy (non-hydrogen) atoms. The zero-order valence-electron chi connectivity index (χ0n) is 6.29. The standard InChI is InChI=1S/C6H7NO.CH3I.HI/c8-6-4-5-2-1-3-7(5)6;1-2;/h1,3,5H,2,4H2;1H3;1H/t5-;;/m1../s1. The molecule has 1 amide bonds. The summed E-state index contributed by atoms with van der Waals surface area (Å²) in [6, 6.07) is 0.544. The van der Waals surface area contributed by atoms with Crippen LogP contribution in [0.5, 0.6) is 0 Å². The third-order valence-electron chi connectivity index (χ3n) is 1.77. The van der Waals surface area contributed by atoms with E-state index in [1.54, 1.807) is 4.90 Å². The summed E-state index contributed by atoms with van der Waals surface area (Å²) in [5, 5.41) is 0. The minimum absolute atomic E-state index is 0. The van der Waals surface area contributed by atoms with E-state index in [-0.39, 0.29) is 29.9 Å². The van der Waals surface area contributed by atoms with Crippen molar-refractivity contribution in [1.29, 1.82) is 0 Å². The van der Waals surface area contributed by atoms with Crippen LogP contribution >= 0.6 is 46.6 Å². The van der Waals surface area contributed by atoms with Crippen LogP contribution in [0.1, 0.15) is 12.8 Å². The quantitative estimate of drug-likeness (QED) is 0.359. The molecule has 2 rings (SSSR count). The molecule has 0 saturated carbocycles. The van der Waals surface area contributed by atoms with Crippen molar-refractivity contribution in [1.82, 2.24) is 4.90 Å². The van der Waals surface area contributed by atoms with Crippen LogP contribution in [-0.4, -0.2) is 21.8 Å². The number of rotatable bonds is 0. The van der Waals surface area contributed by atoms with E-state index in [2.05, 4.69) is 28.7 Å². The SMILES string of the molecule is CI.I.O=C1C[C@H]2CC=CN12. The Bertz CT molecular complexity index is 170. The molecular weight excluding hydrogens is 368 g/mol. The van der Waals surface area contributed by atoms with E-state index in [9.17, 15) is 4.79 Å². The summed E-state index contributed by atoms with van der Waals surface area (Å²) in [6.45, 7) is 0. The van der Waals surface area contributed by atoms with Crippen LogP contribution in [0.15, 0.2) is 12.3 Å². The molecule has 64 valence electrons. The van der Waals surface area contributed by atoms with Crippen molar-refractivity contribution < 1.29 is 4.79 Å². The number of β-lactam (4-membered cyclic amide) rings is 1. The molecule has 0 aromatic rings. The highest BCUT2D eigenvalue weighted by atomic mass is 127. The lowest BCUT2D eigenvalue weighted by atomic mass is 10.0. The van der Waals surface area contributed by atoms with Crippen molar-refractivity contribution in [2.45, 2.75) is 18.9 Å². The maximum atomic E-state index is 10.6. The highest BCUT2D eigenvalue weighted by Gasteiger charge is 2.35. The molecule has 2 aliphatic rings. The smallest absolute Gasteiger partial charge is 0.228 e. The van der Waals surface area contributed by atoms with Gasteiger partial charge in [-0.3, -0.25) is 4.79 Å². The number of nitrogens with zero attached hydrogens (tertiary/aromatic N) is 1. The largest absolute Gasteiger partial charge is 0.315 e. The first-order chi connectivity index (χ1) is 4.88. The topological polar surface area (TPSA) is 20.3 Å². The third kappa shape index (κ3) is 2.30. The molecule has 0 aromatic carbocycles. The van der Waals surface area contributed by atoms with E-state index < -0.39 is 0 Å². The molecule has 2 nitrogen and oxygen atoms in total. The number of carbonyl (C=O) groups is 1. The molecule has 1 saturated heterocycles. The van der Waals surface area contributed by atoms with Gasteiger partial charge in [-0.2, -0.15) is 0 Å². The van der Waals surface area contributed by atoms with Crippen molar-refractivity contribution in [3.8, 4) is 0 Å². The number of fused-ring (bicyclic) bond motifs is 1. The Kier molecular flexibility index (Phi) is 5.66. The highest BCUT2D eigenvalue weighted by molar-refractivity contribution is 14.1. The summed E-state index contributed by atoms with van der Waals surface area (Å²) >= 11 is 2.15. The lowest BCUT2D eigenvalue weighted by Crippen LogP contribution is -2.45. The second-order valence-corrected chi connectivity index (χ2v) is 2.28. The zero-order valence-corrected chi connectivity index (χ0v) is 10.8. The van der Waals surface area contributed by atoms with Crippen LogP contribution in [0, 0.1) is 0 Å². The minimum Gasteiger partial charge on any atom is -0.315 e. The molecule has 0 radical (unpaired) electrons. The number of carbonyl (C=O) groups excluding carboxylic acids is 1. The Hall–Kier alpha value is 0.670. The molecule has 2 heterocycles. The first-order valence-electron chi connectivity index (χ1n) is 3.23. The fourth-order valence-electron chi connectivity index (χ4n) is 1.23. The molecule has 1 fully saturated rings. The molecule has 0 bridgehead atoms. The van der Waals surface area contributed by atoms with E-state index in [4.69, 9.17) is 0 Å². The van der Waals surface area contributed by atoms with Crippen LogP contribution < -0.4 is 0 Å². The fraction of sp³-hybridized carbons (Fsp3) is 0.571. The monoisotopic (exact) mass is 379 g/mol. The van der Waals surface area contributed by atoms with Gasteiger partial charge in [0.1, 0.15) is 0 Å². The van der Waals surface area contributed by atoms with Gasteiger partial charge in [0, 0.05) is 18.7 Å². The van der Waals surface area contributed by atoms with Gasteiger partial charge in [-0.05, 0) is 11.4 Å². The molecule has 0 unspecified atom stereocenters. The number of hydrogen-bond acceptors (Lipinski definition) is 1. The van der Waals surface area contributed by atoms with Gasteiger partial charge in [-0.15, -0.1) is 24.0 Å². The Morgan fingerprint density at radius 3 is 2.64 bits per heavy atom. The normalized spacial score (nSPS) is 24.4. The van der Waals surface area contributed by atoms with Gasteiger partial charge in [0.2, 0.25) is 5.91 Å². The molecule has 2 aliphatic heterocycles. The fourth-order valence-corrected chi connectivity index (χ4v) is 1.23. The zero-order chi connectivity index (χ0) is 7.56. The first kappa shape index (κ1) is 11.7. The summed E-state index contributed by atoms with van der Waals surface area (Å²) in [5.41, 5.74) is 0. The Labute approximate surface area is 97.6 Å². The molecule has 0 spiro atoms. The van der Waals surface area contributed by atoms with Crippen LogP contribution in [0.3, 0.4) is 0 Å². The van der Waals surface area contributed by atoms with Crippen LogP contribution in [-0.2, 0) is 4.79 Å². The number of alkyl halides is 1. The van der Waals surface area contributed by atoms with E-state index >= 15 is 0 Å². The van der Waals surface area contributed by atoms with Crippen LogP contribution in [0.4, 0.5) is 0 Å². The summed E-state index contributed by atoms with van der Waals surface area (Å²) in [4.78, 5) is 14.4. The lowest BCUT2D eigenvalue weighted by molar-refractivity contribution is -0.140. The number of hydrogen-bond donors (Lipinski definition) is 0. The van der Waals surface area contributed by atoms with Crippen molar-refractivity contribution in [2.75, 3.05) is 4.93 Å². The summed E-state index contributed by atoms with van der Waals surface area (Å²) in [6.07, 6.45) is 5.78. The second-order valence-electron chi connectivity index (χ2n) is 2.28. The van der Waals surface area contributed by atoms with Crippen LogP contribution in [0.25, 0.3) is 0 Å². The van der Waals surface area contributed by atoms with Gasteiger partial charge in [-0.25, -0.2) is 0 Å². The average molecular weight is 379 g/mol. The maximum absolute atomic E-state index is 10.6. The Balaban J connectivity index is 0.000000311. The molecule has 0 aromatic heterocycles. The number of halogens is 2. The van der Waals surface area contributed by atoms with Crippen molar-refractivity contribution >= 4 is 52.5 Å². The maximum Gasteiger partial charge on any atom is 0.228 e. The lowest BCUT2D eigenvalue weighted by Gasteiger charge is -2.32. The Morgan fingerprint density at radius 2 is 2.27 bits per heavy atom. The molecule has 0 N–H and O–H groups in total. The van der Waals surface area contributed by atoms with Crippen molar-refractivity contribution in [2.24, 2.45) is 0 Å². The van der Waals surface area contributed by atoms with Gasteiger partial charge in [0.15, 0.2) is 0 Å². The van der Waals surface area contributed by atoms with Gasteiger partial charge in [0.25, 0.3) is 0 Å². The summed E-state index contributed by atoms with van der Waals surface area (Å²) in [7, 11) is 0. The Morgan fingerprint density at radius 1 is 1.64 bits per heavy atom. The van der Waals surface area contributed by atoms with Gasteiger partial charge in [-0.1, -0.05) is 28.7 Å². The van der Waals surface area contributed by atoms with Crippen molar-refractivity contribution in [3.63, 3.8) is 0 Å². The molecule has 1 atom stereocenters. The average Bonchev–Trinajstić information content (AvgIpc) is 2.34. The van der Waals surface area contributed by atoms with E-state index in [0.717, 1.165) is 12.8 Å². The molecular formula is C7H11I2NO.